The summed E-state index contributed by atoms with van der Waals surface area (Å²) in [5, 5.41) is 6.58. The van der Waals surface area contributed by atoms with Crippen LogP contribution in [0.3, 0.4) is 0 Å². The number of benzene rings is 1. The molecule has 3 nitrogen and oxygen atoms in total. The highest BCUT2D eigenvalue weighted by atomic mass is 16.1. The molecule has 2 N–H and O–H groups in total. The van der Waals surface area contributed by atoms with Crippen molar-refractivity contribution in [3.63, 3.8) is 0 Å². The molecular formula is C18H26N2O. The highest BCUT2D eigenvalue weighted by Crippen LogP contribution is 2.29. The Balaban J connectivity index is 1.52. The lowest BCUT2D eigenvalue weighted by Crippen LogP contribution is -2.41. The summed E-state index contributed by atoms with van der Waals surface area (Å²) in [5.41, 5.74) is 2.44. The zero-order chi connectivity index (χ0) is 14.7. The van der Waals surface area contributed by atoms with E-state index in [1.807, 2.05) is 12.1 Å². The summed E-state index contributed by atoms with van der Waals surface area (Å²) in [4.78, 5) is 12.4. The van der Waals surface area contributed by atoms with E-state index in [1.54, 1.807) is 0 Å². The summed E-state index contributed by atoms with van der Waals surface area (Å²) < 4.78 is 0. The number of fused-ring (bicyclic) bond motifs is 1. The fourth-order valence-electron chi connectivity index (χ4n) is 3.70. The summed E-state index contributed by atoms with van der Waals surface area (Å²) in [6, 6.07) is 8.29. The van der Waals surface area contributed by atoms with Crippen LogP contribution in [0.4, 0.5) is 5.69 Å². The van der Waals surface area contributed by atoms with Gasteiger partial charge in [-0.3, -0.25) is 4.79 Å². The maximum atomic E-state index is 12.4. The van der Waals surface area contributed by atoms with E-state index in [2.05, 4.69) is 29.7 Å². The molecule has 1 aliphatic heterocycles. The van der Waals surface area contributed by atoms with Crippen molar-refractivity contribution in [2.24, 2.45) is 17.8 Å². The molecule has 2 aliphatic rings. The molecule has 114 valence electrons. The molecule has 3 rings (SSSR count). The van der Waals surface area contributed by atoms with E-state index in [0.717, 1.165) is 25.4 Å². The number of hydrogen-bond donors (Lipinski definition) is 2. The first-order valence-corrected chi connectivity index (χ1v) is 8.33. The molecular weight excluding hydrogens is 260 g/mol. The molecule has 1 aromatic rings. The van der Waals surface area contributed by atoms with Gasteiger partial charge in [0.1, 0.15) is 0 Å². The summed E-state index contributed by atoms with van der Waals surface area (Å²) in [5.74, 6) is 1.71. The second-order valence-electron chi connectivity index (χ2n) is 6.71. The van der Waals surface area contributed by atoms with Gasteiger partial charge in [-0.05, 0) is 36.3 Å². The first kappa shape index (κ1) is 14.4. The monoisotopic (exact) mass is 286 g/mol. The maximum Gasteiger partial charge on any atom is 0.225 e. The normalized spacial score (nSPS) is 28.3. The van der Waals surface area contributed by atoms with Crippen molar-refractivity contribution in [3.05, 3.63) is 29.8 Å². The average molecular weight is 286 g/mol. The van der Waals surface area contributed by atoms with Crippen molar-refractivity contribution in [3.8, 4) is 0 Å². The van der Waals surface area contributed by atoms with Gasteiger partial charge in [-0.25, -0.2) is 0 Å². The number of carbonyl (C=O) groups excluding carboxylic acids is 1. The number of rotatable bonds is 3. The Morgan fingerprint density at radius 3 is 2.95 bits per heavy atom. The predicted molar refractivity (Wildman–Crippen MR) is 86.3 cm³/mol. The summed E-state index contributed by atoms with van der Waals surface area (Å²) >= 11 is 0. The van der Waals surface area contributed by atoms with Gasteiger partial charge in [-0.2, -0.15) is 0 Å². The van der Waals surface area contributed by atoms with Gasteiger partial charge in [0.15, 0.2) is 0 Å². The standard InChI is InChI=1S/C18H26N2O/c1-13-6-2-3-8-15(13)11-20-18(21)16-10-14-7-4-5-9-17(14)19-12-16/h4-5,7,9,13,15-16,19H,2-3,6,8,10-12H2,1H3,(H,20,21). The van der Waals surface area contributed by atoms with Crippen LogP contribution in [0.25, 0.3) is 0 Å². The fraction of sp³-hybridized carbons (Fsp3) is 0.611. The van der Waals surface area contributed by atoms with Crippen LogP contribution >= 0.6 is 0 Å². The van der Waals surface area contributed by atoms with Gasteiger partial charge >= 0.3 is 0 Å². The lowest BCUT2D eigenvalue weighted by Gasteiger charge is -2.30. The van der Waals surface area contributed by atoms with Crippen molar-refractivity contribution >= 4 is 11.6 Å². The van der Waals surface area contributed by atoms with E-state index < -0.39 is 0 Å². The summed E-state index contributed by atoms with van der Waals surface area (Å²) in [6.07, 6.45) is 6.12. The van der Waals surface area contributed by atoms with Crippen molar-refractivity contribution in [1.29, 1.82) is 0 Å². The number of anilines is 1. The first-order valence-electron chi connectivity index (χ1n) is 8.33. The fourth-order valence-corrected chi connectivity index (χ4v) is 3.70. The van der Waals surface area contributed by atoms with Crippen molar-refractivity contribution in [1.82, 2.24) is 5.32 Å². The van der Waals surface area contributed by atoms with Gasteiger partial charge in [-0.1, -0.05) is 44.4 Å². The van der Waals surface area contributed by atoms with Crippen molar-refractivity contribution < 1.29 is 4.79 Å². The van der Waals surface area contributed by atoms with Crippen LogP contribution in [-0.2, 0) is 11.2 Å². The molecule has 1 amide bonds. The Kier molecular flexibility index (Phi) is 4.47. The molecule has 0 radical (unpaired) electrons. The molecule has 1 heterocycles. The Morgan fingerprint density at radius 2 is 2.10 bits per heavy atom. The number of amides is 1. The molecule has 3 unspecified atom stereocenters. The van der Waals surface area contributed by atoms with Crippen LogP contribution in [-0.4, -0.2) is 19.0 Å². The van der Waals surface area contributed by atoms with Gasteiger partial charge in [0.05, 0.1) is 5.92 Å². The van der Waals surface area contributed by atoms with Crippen LogP contribution in [0.5, 0.6) is 0 Å². The number of carbonyl (C=O) groups is 1. The molecule has 0 aromatic heterocycles. The summed E-state index contributed by atoms with van der Waals surface area (Å²) in [7, 11) is 0. The zero-order valence-electron chi connectivity index (χ0n) is 12.9. The van der Waals surface area contributed by atoms with Crippen LogP contribution in [0.2, 0.25) is 0 Å². The van der Waals surface area contributed by atoms with Gasteiger partial charge in [-0.15, -0.1) is 0 Å². The third-order valence-corrected chi connectivity index (χ3v) is 5.22. The Morgan fingerprint density at radius 1 is 1.29 bits per heavy atom. The second-order valence-corrected chi connectivity index (χ2v) is 6.71. The molecule has 3 heteroatoms. The van der Waals surface area contributed by atoms with Gasteiger partial charge in [0.2, 0.25) is 5.91 Å². The van der Waals surface area contributed by atoms with Crippen LogP contribution in [0.15, 0.2) is 24.3 Å². The maximum absolute atomic E-state index is 12.4. The van der Waals surface area contributed by atoms with E-state index >= 15 is 0 Å². The highest BCUT2D eigenvalue weighted by molar-refractivity contribution is 5.80. The van der Waals surface area contributed by atoms with Crippen LogP contribution < -0.4 is 10.6 Å². The third-order valence-electron chi connectivity index (χ3n) is 5.22. The zero-order valence-corrected chi connectivity index (χ0v) is 12.9. The molecule has 0 spiro atoms. The molecule has 1 fully saturated rings. The predicted octanol–water partition coefficient (Wildman–Crippen LogP) is 3.21. The molecule has 1 aromatic carbocycles. The minimum Gasteiger partial charge on any atom is -0.384 e. The third kappa shape index (κ3) is 3.39. The van der Waals surface area contributed by atoms with Gasteiger partial charge in [0, 0.05) is 18.8 Å². The molecule has 21 heavy (non-hydrogen) atoms. The number of para-hydroxylation sites is 1. The van der Waals surface area contributed by atoms with E-state index in [-0.39, 0.29) is 11.8 Å². The van der Waals surface area contributed by atoms with E-state index in [0.29, 0.717) is 5.92 Å². The molecule has 0 saturated heterocycles. The average Bonchev–Trinajstić information content (AvgIpc) is 2.53. The lowest BCUT2D eigenvalue weighted by molar-refractivity contribution is -0.125. The molecule has 0 bridgehead atoms. The van der Waals surface area contributed by atoms with Gasteiger partial charge in [0.25, 0.3) is 0 Å². The minimum absolute atomic E-state index is 0.0683. The van der Waals surface area contributed by atoms with Crippen LogP contribution in [0.1, 0.15) is 38.2 Å². The van der Waals surface area contributed by atoms with E-state index in [9.17, 15) is 4.79 Å². The minimum atomic E-state index is 0.0683. The van der Waals surface area contributed by atoms with Crippen molar-refractivity contribution in [2.45, 2.75) is 39.0 Å². The smallest absolute Gasteiger partial charge is 0.225 e. The van der Waals surface area contributed by atoms with E-state index in [4.69, 9.17) is 0 Å². The summed E-state index contributed by atoms with van der Waals surface area (Å²) in [6.45, 7) is 3.94. The Labute approximate surface area is 127 Å². The Bertz CT molecular complexity index is 500. The molecule has 3 atom stereocenters. The second kappa shape index (κ2) is 6.50. The highest BCUT2D eigenvalue weighted by Gasteiger charge is 2.26. The van der Waals surface area contributed by atoms with Gasteiger partial charge < -0.3 is 10.6 Å². The van der Waals surface area contributed by atoms with Crippen molar-refractivity contribution in [2.75, 3.05) is 18.4 Å². The number of nitrogens with one attached hydrogen (secondary N) is 2. The molecule has 1 saturated carbocycles. The van der Waals surface area contributed by atoms with Crippen LogP contribution in [0, 0.1) is 17.8 Å². The first-order chi connectivity index (χ1) is 10.2. The lowest BCUT2D eigenvalue weighted by atomic mass is 9.80. The quantitative estimate of drug-likeness (QED) is 0.896. The molecule has 1 aliphatic carbocycles. The topological polar surface area (TPSA) is 41.1 Å². The number of hydrogen-bond acceptors (Lipinski definition) is 2. The largest absolute Gasteiger partial charge is 0.384 e. The SMILES string of the molecule is CC1CCCCC1CNC(=O)C1CNc2ccccc2C1. The Hall–Kier alpha value is -1.51. The van der Waals surface area contributed by atoms with E-state index in [1.165, 1.54) is 36.9 Å².